The van der Waals surface area contributed by atoms with Crippen LogP contribution in [0.25, 0.3) is 0 Å². The Morgan fingerprint density at radius 1 is 0.875 bits per heavy atom. The van der Waals surface area contributed by atoms with Crippen LogP contribution >= 0.6 is 0 Å². The van der Waals surface area contributed by atoms with Gasteiger partial charge >= 0.3 is 0 Å². The Kier molecular flexibility index (Phi) is 7.39. The molecule has 126 valence electrons. The van der Waals surface area contributed by atoms with E-state index < -0.39 is 0 Å². The Bertz CT molecular complexity index is 648. The molecule has 0 fully saturated rings. The Hall–Kier alpha value is -2.24. The minimum Gasteiger partial charge on any atom is -0.497 e. The third-order valence-corrected chi connectivity index (χ3v) is 4.35. The van der Waals surface area contributed by atoms with Crippen LogP contribution in [0.3, 0.4) is 0 Å². The molecule has 0 saturated carbocycles. The first kappa shape index (κ1) is 18.1. The topological polar surface area (TPSA) is 12.5 Å². The fraction of sp³-hybridized carbons (Fsp3) is 0.364. The molecule has 0 saturated heterocycles. The minimum absolute atomic E-state index is 0.293. The van der Waals surface area contributed by atoms with Crippen molar-refractivity contribution in [1.82, 2.24) is 4.90 Å². The molecule has 2 aromatic rings. The number of rotatable bonds is 7. The number of nitrogens with zero attached hydrogens (tertiary/aromatic N) is 1. The monoisotopic (exact) mass is 321 g/mol. The number of hydrogen-bond acceptors (Lipinski definition) is 2. The van der Waals surface area contributed by atoms with Gasteiger partial charge in [0.05, 0.1) is 13.7 Å². The maximum Gasteiger partial charge on any atom is 0.118 e. The summed E-state index contributed by atoms with van der Waals surface area (Å²) < 4.78 is 5.27. The van der Waals surface area contributed by atoms with Gasteiger partial charge in [0.25, 0.3) is 0 Å². The number of methoxy groups -OCH3 is 1. The summed E-state index contributed by atoms with van der Waals surface area (Å²) in [5.74, 6) is 7.90. The van der Waals surface area contributed by atoms with Crippen LogP contribution in [0.4, 0.5) is 0 Å². The van der Waals surface area contributed by atoms with Gasteiger partial charge in [0, 0.05) is 12.3 Å². The van der Waals surface area contributed by atoms with Crippen LogP contribution in [0, 0.1) is 11.8 Å². The molecule has 0 aromatic heterocycles. The SMILES string of the molecule is CCN(CC)CC#CC[C@@H](c1ccccc1)c1ccc(OC)cc1. The summed E-state index contributed by atoms with van der Waals surface area (Å²) in [6, 6.07) is 18.9. The van der Waals surface area contributed by atoms with Crippen molar-refractivity contribution in [2.75, 3.05) is 26.7 Å². The van der Waals surface area contributed by atoms with E-state index in [2.05, 4.69) is 73.1 Å². The van der Waals surface area contributed by atoms with Crippen molar-refractivity contribution in [3.63, 3.8) is 0 Å². The van der Waals surface area contributed by atoms with Crippen LogP contribution in [-0.4, -0.2) is 31.6 Å². The highest BCUT2D eigenvalue weighted by atomic mass is 16.5. The molecule has 0 aliphatic rings. The number of hydrogen-bond donors (Lipinski definition) is 0. The predicted molar refractivity (Wildman–Crippen MR) is 101 cm³/mol. The van der Waals surface area contributed by atoms with Crippen molar-refractivity contribution in [1.29, 1.82) is 0 Å². The van der Waals surface area contributed by atoms with E-state index in [-0.39, 0.29) is 0 Å². The van der Waals surface area contributed by atoms with Gasteiger partial charge in [0.15, 0.2) is 0 Å². The normalized spacial score (nSPS) is 11.7. The molecule has 2 nitrogen and oxygen atoms in total. The zero-order valence-corrected chi connectivity index (χ0v) is 15.0. The summed E-state index contributed by atoms with van der Waals surface area (Å²) in [5, 5.41) is 0. The lowest BCUT2D eigenvalue weighted by Gasteiger charge is -2.16. The fourth-order valence-corrected chi connectivity index (χ4v) is 2.74. The molecule has 1 atom stereocenters. The minimum atomic E-state index is 0.293. The van der Waals surface area contributed by atoms with E-state index in [0.717, 1.165) is 31.8 Å². The third kappa shape index (κ3) is 5.15. The first-order valence-corrected chi connectivity index (χ1v) is 8.65. The smallest absolute Gasteiger partial charge is 0.118 e. The molecular formula is C22H27NO. The van der Waals surface area contributed by atoms with Gasteiger partial charge in [0.1, 0.15) is 5.75 Å². The predicted octanol–water partition coefficient (Wildman–Crippen LogP) is 4.56. The zero-order chi connectivity index (χ0) is 17.2. The van der Waals surface area contributed by atoms with Crippen molar-refractivity contribution < 1.29 is 4.74 Å². The second-order valence-corrected chi connectivity index (χ2v) is 5.76. The molecule has 2 rings (SSSR count). The summed E-state index contributed by atoms with van der Waals surface area (Å²) in [4.78, 5) is 2.33. The fourth-order valence-electron chi connectivity index (χ4n) is 2.74. The van der Waals surface area contributed by atoms with Crippen LogP contribution in [0.15, 0.2) is 54.6 Å². The molecule has 0 N–H and O–H groups in total. The van der Waals surface area contributed by atoms with E-state index >= 15 is 0 Å². The highest BCUT2D eigenvalue weighted by molar-refractivity contribution is 5.37. The first-order chi connectivity index (χ1) is 11.8. The van der Waals surface area contributed by atoms with E-state index in [1.807, 2.05) is 12.1 Å². The second-order valence-electron chi connectivity index (χ2n) is 5.76. The summed E-state index contributed by atoms with van der Waals surface area (Å²) in [7, 11) is 1.70. The quantitative estimate of drug-likeness (QED) is 0.693. The lowest BCUT2D eigenvalue weighted by molar-refractivity contribution is 0.342. The standard InChI is InChI=1S/C22H27NO/c1-4-23(5-2)18-10-9-13-22(19-11-7-6-8-12-19)20-14-16-21(24-3)17-15-20/h6-8,11-12,14-17,22H,4-5,13,18H2,1-3H3/t22-/m0/s1. The van der Waals surface area contributed by atoms with Gasteiger partial charge in [-0.15, -0.1) is 5.92 Å². The molecule has 0 radical (unpaired) electrons. The largest absolute Gasteiger partial charge is 0.497 e. The van der Waals surface area contributed by atoms with E-state index in [0.29, 0.717) is 5.92 Å². The van der Waals surface area contributed by atoms with Crippen molar-refractivity contribution in [3.8, 4) is 17.6 Å². The van der Waals surface area contributed by atoms with Gasteiger partial charge < -0.3 is 4.74 Å². The van der Waals surface area contributed by atoms with E-state index in [4.69, 9.17) is 4.74 Å². The second kappa shape index (κ2) is 9.80. The lowest BCUT2D eigenvalue weighted by atomic mass is 9.89. The number of benzene rings is 2. The van der Waals surface area contributed by atoms with Gasteiger partial charge in [-0.2, -0.15) is 0 Å². The highest BCUT2D eigenvalue weighted by Crippen LogP contribution is 2.28. The summed E-state index contributed by atoms with van der Waals surface area (Å²) in [6.07, 6.45) is 0.831. The van der Waals surface area contributed by atoms with Crippen LogP contribution in [-0.2, 0) is 0 Å². The van der Waals surface area contributed by atoms with Crippen LogP contribution < -0.4 is 4.74 Å². The molecule has 0 amide bonds. The highest BCUT2D eigenvalue weighted by Gasteiger charge is 2.12. The summed E-state index contributed by atoms with van der Waals surface area (Å²) >= 11 is 0. The Labute approximate surface area is 146 Å². The molecule has 0 aliphatic heterocycles. The maximum atomic E-state index is 5.27. The molecule has 24 heavy (non-hydrogen) atoms. The van der Waals surface area contributed by atoms with E-state index in [1.54, 1.807) is 7.11 Å². The van der Waals surface area contributed by atoms with Crippen molar-refractivity contribution in [2.45, 2.75) is 26.2 Å². The van der Waals surface area contributed by atoms with Gasteiger partial charge in [-0.05, 0) is 36.3 Å². The molecular weight excluding hydrogens is 294 g/mol. The third-order valence-electron chi connectivity index (χ3n) is 4.35. The number of ether oxygens (including phenoxy) is 1. The van der Waals surface area contributed by atoms with Gasteiger partial charge in [-0.25, -0.2) is 0 Å². The average molecular weight is 321 g/mol. The zero-order valence-electron chi connectivity index (χ0n) is 15.0. The van der Waals surface area contributed by atoms with Crippen LogP contribution in [0.2, 0.25) is 0 Å². The molecule has 0 bridgehead atoms. The van der Waals surface area contributed by atoms with Gasteiger partial charge in [-0.3, -0.25) is 4.90 Å². The molecule has 0 heterocycles. The Morgan fingerprint density at radius 3 is 2.08 bits per heavy atom. The average Bonchev–Trinajstić information content (AvgIpc) is 2.66. The Balaban J connectivity index is 2.16. The van der Waals surface area contributed by atoms with Crippen molar-refractivity contribution in [3.05, 3.63) is 65.7 Å². The molecule has 0 unspecified atom stereocenters. The van der Waals surface area contributed by atoms with E-state index in [9.17, 15) is 0 Å². The first-order valence-electron chi connectivity index (χ1n) is 8.65. The molecule has 2 heteroatoms. The van der Waals surface area contributed by atoms with E-state index in [1.165, 1.54) is 11.1 Å². The van der Waals surface area contributed by atoms with Crippen molar-refractivity contribution >= 4 is 0 Å². The molecule has 0 spiro atoms. The van der Waals surface area contributed by atoms with Crippen LogP contribution in [0.1, 0.15) is 37.3 Å². The van der Waals surface area contributed by atoms with Gasteiger partial charge in [-0.1, -0.05) is 62.2 Å². The Morgan fingerprint density at radius 2 is 1.50 bits per heavy atom. The van der Waals surface area contributed by atoms with Crippen LogP contribution in [0.5, 0.6) is 5.75 Å². The molecule has 0 aliphatic carbocycles. The lowest BCUT2D eigenvalue weighted by Crippen LogP contribution is -2.22. The summed E-state index contributed by atoms with van der Waals surface area (Å²) in [5.41, 5.74) is 2.58. The van der Waals surface area contributed by atoms with Crippen molar-refractivity contribution in [2.24, 2.45) is 0 Å². The summed E-state index contributed by atoms with van der Waals surface area (Å²) in [6.45, 7) is 7.29. The maximum absolute atomic E-state index is 5.27. The molecule has 2 aromatic carbocycles. The van der Waals surface area contributed by atoms with Gasteiger partial charge in [0.2, 0.25) is 0 Å².